The van der Waals surface area contributed by atoms with Crippen LogP contribution in [0.5, 0.6) is 0 Å². The average molecular weight is 235 g/mol. The van der Waals surface area contributed by atoms with Gasteiger partial charge in [0.05, 0.1) is 17.1 Å². The highest BCUT2D eigenvalue weighted by molar-refractivity contribution is 6.33. The topological polar surface area (TPSA) is 56.0 Å². The summed E-state index contributed by atoms with van der Waals surface area (Å²) in [6, 6.07) is 8.66. The zero-order chi connectivity index (χ0) is 11.7. The van der Waals surface area contributed by atoms with Crippen molar-refractivity contribution in [2.45, 2.75) is 13.0 Å². The number of hydrogen-bond acceptors (Lipinski definition) is 3. The van der Waals surface area contributed by atoms with Crippen molar-refractivity contribution in [3.8, 4) is 0 Å². The number of aromatic nitrogens is 1. The number of hydrogen-bond donors (Lipinski definition) is 1. The molecule has 2 rings (SSSR count). The molecular formula is C12H11ClN2O. The van der Waals surface area contributed by atoms with Crippen LogP contribution < -0.4 is 5.73 Å². The second-order valence-corrected chi connectivity index (χ2v) is 4.03. The summed E-state index contributed by atoms with van der Waals surface area (Å²) in [4.78, 5) is 15.9. The molecule has 0 spiro atoms. The van der Waals surface area contributed by atoms with E-state index in [1.54, 1.807) is 13.0 Å². The molecule has 16 heavy (non-hydrogen) atoms. The predicted octanol–water partition coefficient (Wildman–Crippen LogP) is 2.42. The number of para-hydroxylation sites is 1. The number of pyridine rings is 1. The van der Waals surface area contributed by atoms with Gasteiger partial charge in [-0.15, -0.1) is 0 Å². The first-order chi connectivity index (χ1) is 7.59. The Bertz CT molecular complexity index is 552. The molecule has 0 aliphatic heterocycles. The van der Waals surface area contributed by atoms with Crippen molar-refractivity contribution >= 4 is 28.3 Å². The SMILES string of the molecule is CC(N)C(=O)c1cc2ccccc2nc1Cl. The van der Waals surface area contributed by atoms with Crippen LogP contribution in [0.25, 0.3) is 10.9 Å². The molecule has 0 saturated heterocycles. The summed E-state index contributed by atoms with van der Waals surface area (Å²) in [7, 11) is 0. The molecule has 1 aromatic carbocycles. The smallest absolute Gasteiger partial charge is 0.182 e. The Morgan fingerprint density at radius 3 is 2.81 bits per heavy atom. The summed E-state index contributed by atoms with van der Waals surface area (Å²) < 4.78 is 0. The minimum atomic E-state index is -0.569. The van der Waals surface area contributed by atoms with Crippen molar-refractivity contribution in [3.63, 3.8) is 0 Å². The fourth-order valence-electron chi connectivity index (χ4n) is 1.51. The van der Waals surface area contributed by atoms with Crippen LogP contribution in [0.2, 0.25) is 5.15 Å². The summed E-state index contributed by atoms with van der Waals surface area (Å²) in [6.07, 6.45) is 0. The Kier molecular flexibility index (Phi) is 2.90. The Balaban J connectivity index is 2.63. The zero-order valence-corrected chi connectivity index (χ0v) is 9.53. The average Bonchev–Trinajstić information content (AvgIpc) is 2.27. The van der Waals surface area contributed by atoms with Crippen LogP contribution in [0.4, 0.5) is 0 Å². The standard InChI is InChI=1S/C12H11ClN2O/c1-7(14)11(16)9-6-8-4-2-3-5-10(8)15-12(9)13/h2-7H,14H2,1H3. The van der Waals surface area contributed by atoms with Crippen LogP contribution in [0, 0.1) is 0 Å². The van der Waals surface area contributed by atoms with Crippen molar-refractivity contribution < 1.29 is 4.79 Å². The predicted molar refractivity (Wildman–Crippen MR) is 64.7 cm³/mol. The van der Waals surface area contributed by atoms with Crippen molar-refractivity contribution in [3.05, 3.63) is 41.0 Å². The summed E-state index contributed by atoms with van der Waals surface area (Å²) >= 11 is 5.95. The minimum Gasteiger partial charge on any atom is -0.321 e. The van der Waals surface area contributed by atoms with Crippen molar-refractivity contribution in [1.82, 2.24) is 4.98 Å². The van der Waals surface area contributed by atoms with E-state index in [9.17, 15) is 4.79 Å². The second kappa shape index (κ2) is 4.20. The lowest BCUT2D eigenvalue weighted by Gasteiger charge is -2.07. The molecular weight excluding hydrogens is 224 g/mol. The number of nitrogens with two attached hydrogens (primary N) is 1. The van der Waals surface area contributed by atoms with E-state index in [-0.39, 0.29) is 10.9 Å². The molecule has 82 valence electrons. The lowest BCUT2D eigenvalue weighted by molar-refractivity contribution is 0.0968. The third-order valence-corrected chi connectivity index (χ3v) is 2.64. The van der Waals surface area contributed by atoms with Crippen LogP contribution in [-0.4, -0.2) is 16.8 Å². The number of ketones is 1. The number of nitrogens with zero attached hydrogens (tertiary/aromatic N) is 1. The monoisotopic (exact) mass is 234 g/mol. The molecule has 0 fully saturated rings. The molecule has 1 unspecified atom stereocenters. The maximum Gasteiger partial charge on any atom is 0.182 e. The van der Waals surface area contributed by atoms with Crippen LogP contribution in [-0.2, 0) is 0 Å². The highest BCUT2D eigenvalue weighted by Crippen LogP contribution is 2.21. The molecule has 0 aliphatic rings. The Labute approximate surface area is 98.2 Å². The first-order valence-electron chi connectivity index (χ1n) is 4.94. The van der Waals surface area contributed by atoms with E-state index >= 15 is 0 Å². The van der Waals surface area contributed by atoms with Gasteiger partial charge in [-0.05, 0) is 19.1 Å². The number of halogens is 1. The van der Waals surface area contributed by atoms with Gasteiger partial charge < -0.3 is 5.73 Å². The number of rotatable bonds is 2. The van der Waals surface area contributed by atoms with Gasteiger partial charge in [-0.2, -0.15) is 0 Å². The highest BCUT2D eigenvalue weighted by Gasteiger charge is 2.16. The lowest BCUT2D eigenvalue weighted by Crippen LogP contribution is -2.27. The fourth-order valence-corrected chi connectivity index (χ4v) is 1.75. The molecule has 1 heterocycles. The third-order valence-electron chi connectivity index (χ3n) is 2.36. The molecule has 3 nitrogen and oxygen atoms in total. The fraction of sp³-hybridized carbons (Fsp3) is 0.167. The first-order valence-corrected chi connectivity index (χ1v) is 5.32. The molecule has 0 amide bonds. The van der Waals surface area contributed by atoms with Crippen molar-refractivity contribution in [2.24, 2.45) is 5.73 Å². The van der Waals surface area contributed by atoms with E-state index in [1.165, 1.54) is 0 Å². The molecule has 4 heteroatoms. The molecule has 1 atom stereocenters. The molecule has 0 saturated carbocycles. The summed E-state index contributed by atoms with van der Waals surface area (Å²) in [5.41, 5.74) is 6.70. The summed E-state index contributed by atoms with van der Waals surface area (Å²) in [6.45, 7) is 1.63. The van der Waals surface area contributed by atoms with Gasteiger partial charge in [0, 0.05) is 5.39 Å². The van der Waals surface area contributed by atoms with E-state index < -0.39 is 6.04 Å². The quantitative estimate of drug-likeness (QED) is 0.641. The molecule has 0 aliphatic carbocycles. The Hall–Kier alpha value is -1.45. The lowest BCUT2D eigenvalue weighted by atomic mass is 10.1. The van der Waals surface area contributed by atoms with E-state index in [2.05, 4.69) is 4.98 Å². The van der Waals surface area contributed by atoms with Gasteiger partial charge in [0.15, 0.2) is 5.78 Å². The second-order valence-electron chi connectivity index (χ2n) is 3.67. The maximum absolute atomic E-state index is 11.8. The molecule has 2 N–H and O–H groups in total. The summed E-state index contributed by atoms with van der Waals surface area (Å²) in [5, 5.41) is 1.09. The van der Waals surface area contributed by atoms with Gasteiger partial charge in [-0.3, -0.25) is 4.79 Å². The van der Waals surface area contributed by atoms with Crippen LogP contribution in [0.15, 0.2) is 30.3 Å². The first kappa shape index (κ1) is 11.0. The maximum atomic E-state index is 11.8. The van der Waals surface area contributed by atoms with Crippen LogP contribution in [0.3, 0.4) is 0 Å². The van der Waals surface area contributed by atoms with E-state index in [1.807, 2.05) is 24.3 Å². The van der Waals surface area contributed by atoms with Crippen LogP contribution >= 0.6 is 11.6 Å². The van der Waals surface area contributed by atoms with Gasteiger partial charge in [-0.1, -0.05) is 29.8 Å². The zero-order valence-electron chi connectivity index (χ0n) is 8.77. The Morgan fingerprint density at radius 1 is 1.44 bits per heavy atom. The van der Waals surface area contributed by atoms with E-state index in [0.29, 0.717) is 5.56 Å². The van der Waals surface area contributed by atoms with Gasteiger partial charge in [0.25, 0.3) is 0 Å². The van der Waals surface area contributed by atoms with Gasteiger partial charge in [0.2, 0.25) is 0 Å². The molecule has 2 aromatic rings. The van der Waals surface area contributed by atoms with E-state index in [0.717, 1.165) is 10.9 Å². The molecule has 1 aromatic heterocycles. The molecule has 0 radical (unpaired) electrons. The number of benzene rings is 1. The highest BCUT2D eigenvalue weighted by atomic mass is 35.5. The van der Waals surface area contributed by atoms with Gasteiger partial charge in [0.1, 0.15) is 5.15 Å². The summed E-state index contributed by atoms with van der Waals surface area (Å²) in [5.74, 6) is -0.191. The van der Waals surface area contributed by atoms with Gasteiger partial charge >= 0.3 is 0 Å². The number of carbonyl (C=O) groups is 1. The van der Waals surface area contributed by atoms with Crippen molar-refractivity contribution in [2.75, 3.05) is 0 Å². The largest absolute Gasteiger partial charge is 0.321 e. The number of Topliss-reactive ketones (excluding diaryl/α,β-unsaturated/α-hetero) is 1. The number of carbonyl (C=O) groups excluding carboxylic acids is 1. The van der Waals surface area contributed by atoms with Crippen LogP contribution in [0.1, 0.15) is 17.3 Å². The number of fused-ring (bicyclic) bond motifs is 1. The minimum absolute atomic E-state index is 0.191. The normalized spacial score (nSPS) is 12.7. The third kappa shape index (κ3) is 1.92. The van der Waals surface area contributed by atoms with E-state index in [4.69, 9.17) is 17.3 Å². The Morgan fingerprint density at radius 2 is 2.12 bits per heavy atom. The van der Waals surface area contributed by atoms with Gasteiger partial charge in [-0.25, -0.2) is 4.98 Å². The molecule has 0 bridgehead atoms. The van der Waals surface area contributed by atoms with Crippen molar-refractivity contribution in [1.29, 1.82) is 0 Å².